The Hall–Kier alpha value is -4.04. The number of pyridine rings is 1. The number of rotatable bonds is 11. The molecule has 0 aliphatic carbocycles. The van der Waals surface area contributed by atoms with E-state index in [2.05, 4.69) is 45.6 Å². The molecule has 0 saturated carbocycles. The molecule has 12 nitrogen and oxygen atoms in total. The molecule has 14 heteroatoms. The van der Waals surface area contributed by atoms with Gasteiger partial charge in [0.15, 0.2) is 11.6 Å². The van der Waals surface area contributed by atoms with Crippen LogP contribution in [0.1, 0.15) is 0 Å². The van der Waals surface area contributed by atoms with Crippen LogP contribution in [0.4, 0.5) is 11.5 Å². The molecule has 37 heavy (non-hydrogen) atoms. The summed E-state index contributed by atoms with van der Waals surface area (Å²) >= 11 is 3.41. The molecular formula is C23H22BrN7O5S. The van der Waals surface area contributed by atoms with Crippen molar-refractivity contribution in [1.82, 2.24) is 24.9 Å². The molecule has 3 heterocycles. The fraction of sp³-hybridized carbons (Fsp3) is 0.174. The topological polar surface area (TPSA) is 142 Å². The Kier molecular flexibility index (Phi) is 8.30. The van der Waals surface area contributed by atoms with Crippen LogP contribution < -0.4 is 23.2 Å². The maximum absolute atomic E-state index is 13.2. The van der Waals surface area contributed by atoms with Gasteiger partial charge in [0.2, 0.25) is 5.88 Å². The average molecular weight is 588 g/mol. The van der Waals surface area contributed by atoms with E-state index in [1.807, 2.05) is 12.1 Å². The summed E-state index contributed by atoms with van der Waals surface area (Å²) < 4.78 is 47.2. The second kappa shape index (κ2) is 11.8. The molecule has 1 N–H and O–H groups in total. The molecule has 0 saturated heterocycles. The van der Waals surface area contributed by atoms with Crippen LogP contribution in [0.3, 0.4) is 0 Å². The van der Waals surface area contributed by atoms with Gasteiger partial charge in [-0.3, -0.25) is 9.29 Å². The van der Waals surface area contributed by atoms with E-state index in [1.165, 1.54) is 45.3 Å². The zero-order valence-electron chi connectivity index (χ0n) is 19.8. The molecule has 4 aromatic rings. The molecule has 0 amide bonds. The van der Waals surface area contributed by atoms with Crippen LogP contribution in [0.15, 0.2) is 72.0 Å². The Morgan fingerprint density at radius 1 is 0.946 bits per heavy atom. The van der Waals surface area contributed by atoms with Gasteiger partial charge in [0.1, 0.15) is 19.5 Å². The first-order valence-corrected chi connectivity index (χ1v) is 13.0. The van der Waals surface area contributed by atoms with Crippen molar-refractivity contribution in [2.75, 3.05) is 36.4 Å². The molecular weight excluding hydrogens is 566 g/mol. The van der Waals surface area contributed by atoms with Gasteiger partial charge in [-0.15, -0.1) is 0 Å². The summed E-state index contributed by atoms with van der Waals surface area (Å²) in [6.07, 6.45) is 7.20. The number of ether oxygens (including phenoxy) is 3. The Labute approximate surface area is 222 Å². The highest BCUT2D eigenvalue weighted by atomic mass is 79.9. The van der Waals surface area contributed by atoms with Gasteiger partial charge in [-0.25, -0.2) is 14.7 Å². The van der Waals surface area contributed by atoms with Crippen molar-refractivity contribution in [2.45, 2.75) is 0 Å². The Balaban J connectivity index is 1.56. The number of nitrogens with one attached hydrogen (secondary N) is 1. The number of halogens is 1. The summed E-state index contributed by atoms with van der Waals surface area (Å²) in [4.78, 5) is 20.4. The molecule has 0 aliphatic rings. The monoisotopic (exact) mass is 587 g/mol. The quantitative estimate of drug-likeness (QED) is 0.259. The minimum absolute atomic E-state index is 0.0487. The fourth-order valence-corrected chi connectivity index (χ4v) is 4.27. The zero-order chi connectivity index (χ0) is 26.3. The Bertz CT molecular complexity index is 1430. The van der Waals surface area contributed by atoms with Gasteiger partial charge >= 0.3 is 16.2 Å². The number of benzene rings is 1. The maximum Gasteiger partial charge on any atom is 0.324 e. The number of hydrogen-bond donors (Lipinski definition) is 1. The van der Waals surface area contributed by atoms with Gasteiger partial charge in [0, 0.05) is 23.9 Å². The molecule has 0 spiro atoms. The summed E-state index contributed by atoms with van der Waals surface area (Å²) in [5.74, 6) is 0.724. The van der Waals surface area contributed by atoms with Gasteiger partial charge < -0.3 is 14.2 Å². The number of anilines is 2. The number of hydrogen-bond acceptors (Lipinski definition) is 10. The smallest absolute Gasteiger partial charge is 0.324 e. The van der Waals surface area contributed by atoms with Crippen LogP contribution in [0.5, 0.6) is 17.6 Å². The Morgan fingerprint density at radius 3 is 2.30 bits per heavy atom. The van der Waals surface area contributed by atoms with E-state index >= 15 is 0 Å². The highest BCUT2D eigenvalue weighted by molar-refractivity contribution is 9.10. The molecule has 0 aliphatic heterocycles. The molecule has 3 aromatic heterocycles. The van der Waals surface area contributed by atoms with Gasteiger partial charge in [-0.2, -0.15) is 18.4 Å². The van der Waals surface area contributed by atoms with E-state index in [1.54, 1.807) is 24.3 Å². The van der Waals surface area contributed by atoms with Gasteiger partial charge in [0.25, 0.3) is 0 Å². The number of methoxy groups -OCH3 is 1. The third-order valence-electron chi connectivity index (χ3n) is 4.95. The van der Waals surface area contributed by atoms with Crippen molar-refractivity contribution in [3.8, 4) is 28.8 Å². The predicted octanol–water partition coefficient (Wildman–Crippen LogP) is 3.35. The van der Waals surface area contributed by atoms with E-state index < -0.39 is 10.2 Å². The van der Waals surface area contributed by atoms with Gasteiger partial charge in [-0.1, -0.05) is 28.1 Å². The van der Waals surface area contributed by atoms with E-state index in [0.29, 0.717) is 22.6 Å². The summed E-state index contributed by atoms with van der Waals surface area (Å²) in [6.45, 7) is 0.195. The minimum atomic E-state index is -4.04. The van der Waals surface area contributed by atoms with Crippen LogP contribution in [-0.2, 0) is 10.2 Å². The van der Waals surface area contributed by atoms with E-state index in [-0.39, 0.29) is 30.9 Å². The lowest BCUT2D eigenvalue weighted by molar-refractivity contribution is 0.201. The van der Waals surface area contributed by atoms with Crippen LogP contribution in [0.25, 0.3) is 11.1 Å². The first-order valence-electron chi connectivity index (χ1n) is 10.8. The first-order chi connectivity index (χ1) is 17.9. The van der Waals surface area contributed by atoms with Crippen LogP contribution in [0.2, 0.25) is 0 Å². The molecule has 0 bridgehead atoms. The molecule has 192 valence electrons. The molecule has 0 unspecified atom stereocenters. The molecule has 1 aromatic carbocycles. The lowest BCUT2D eigenvalue weighted by Gasteiger charge is -2.21. The normalized spacial score (nSPS) is 11.0. The molecule has 0 radical (unpaired) electrons. The van der Waals surface area contributed by atoms with Gasteiger partial charge in [-0.05, 0) is 29.8 Å². The van der Waals surface area contributed by atoms with Crippen molar-refractivity contribution >= 4 is 37.6 Å². The fourth-order valence-electron chi connectivity index (χ4n) is 3.07. The third-order valence-corrected chi connectivity index (χ3v) is 6.86. The average Bonchev–Trinajstić information content (AvgIpc) is 2.92. The molecule has 4 rings (SSSR count). The minimum Gasteiger partial charge on any atom is -0.494 e. The van der Waals surface area contributed by atoms with E-state index in [9.17, 15) is 8.42 Å². The SMILES string of the molecule is COc1cnc(OCCOc2ncnc(NS(=O)(=O)N(C)c3ccncc3)c2-c2ccc(Br)cc2)nc1. The zero-order valence-corrected chi connectivity index (χ0v) is 22.2. The maximum atomic E-state index is 13.2. The summed E-state index contributed by atoms with van der Waals surface area (Å²) in [5, 5.41) is 0. The van der Waals surface area contributed by atoms with Crippen LogP contribution >= 0.6 is 15.9 Å². The van der Waals surface area contributed by atoms with Crippen molar-refractivity contribution in [3.05, 3.63) is 72.0 Å². The summed E-state index contributed by atoms with van der Waals surface area (Å²) in [5.41, 5.74) is 1.43. The summed E-state index contributed by atoms with van der Waals surface area (Å²) in [7, 11) is -1.10. The van der Waals surface area contributed by atoms with E-state index in [4.69, 9.17) is 14.2 Å². The number of aromatic nitrogens is 5. The lowest BCUT2D eigenvalue weighted by Crippen LogP contribution is -2.33. The highest BCUT2D eigenvalue weighted by Gasteiger charge is 2.23. The van der Waals surface area contributed by atoms with Crippen molar-refractivity contribution < 1.29 is 22.6 Å². The second-order valence-electron chi connectivity index (χ2n) is 7.29. The van der Waals surface area contributed by atoms with Crippen molar-refractivity contribution in [1.29, 1.82) is 0 Å². The van der Waals surface area contributed by atoms with Crippen LogP contribution in [0, 0.1) is 0 Å². The standard InChI is InChI=1S/C23H22BrN7O5S/c1-31(18-7-9-25-10-8-18)37(32,33)30-21-20(16-3-5-17(24)6-4-16)22(29-15-28-21)35-11-12-36-23-26-13-19(34-2)14-27-23/h3-10,13-15H,11-12H2,1-2H3,(H,28,29,30). The molecule has 0 fully saturated rings. The van der Waals surface area contributed by atoms with Gasteiger partial charge in [0.05, 0.1) is 30.8 Å². The first kappa shape index (κ1) is 26.0. The number of nitrogens with zero attached hydrogens (tertiary/aromatic N) is 6. The highest BCUT2D eigenvalue weighted by Crippen LogP contribution is 2.35. The summed E-state index contributed by atoms with van der Waals surface area (Å²) in [6, 6.07) is 10.5. The predicted molar refractivity (Wildman–Crippen MR) is 140 cm³/mol. The molecule has 0 atom stereocenters. The van der Waals surface area contributed by atoms with Crippen molar-refractivity contribution in [2.24, 2.45) is 0 Å². The Morgan fingerprint density at radius 2 is 1.62 bits per heavy atom. The largest absolute Gasteiger partial charge is 0.494 e. The van der Waals surface area contributed by atoms with E-state index in [0.717, 1.165) is 8.78 Å². The third kappa shape index (κ3) is 6.59. The van der Waals surface area contributed by atoms with Crippen molar-refractivity contribution in [3.63, 3.8) is 0 Å². The van der Waals surface area contributed by atoms with Crippen LogP contribution in [-0.4, -0.2) is 60.7 Å². The lowest BCUT2D eigenvalue weighted by atomic mass is 10.1. The second-order valence-corrected chi connectivity index (χ2v) is 9.91.